The number of nitrogens with zero attached hydrogens (tertiary/aromatic N) is 4. The molecule has 0 aliphatic heterocycles. The summed E-state index contributed by atoms with van der Waals surface area (Å²) in [4.78, 5) is 0.218. The fourth-order valence-corrected chi connectivity index (χ4v) is 4.19. The molecule has 0 atom stereocenters. The van der Waals surface area contributed by atoms with Crippen molar-refractivity contribution in [1.29, 1.82) is 0 Å². The van der Waals surface area contributed by atoms with Gasteiger partial charge in [-0.1, -0.05) is 35.9 Å². The van der Waals surface area contributed by atoms with Crippen LogP contribution in [0, 0.1) is 6.92 Å². The molecule has 0 spiro atoms. The Kier molecular flexibility index (Phi) is 5.67. The second-order valence-corrected chi connectivity index (χ2v) is 8.68. The van der Waals surface area contributed by atoms with Gasteiger partial charge in [0, 0.05) is 18.2 Å². The van der Waals surface area contributed by atoms with Crippen LogP contribution < -0.4 is 9.46 Å². The van der Waals surface area contributed by atoms with Crippen LogP contribution in [0.15, 0.2) is 65.6 Å². The molecule has 10 heteroatoms. The van der Waals surface area contributed by atoms with Crippen molar-refractivity contribution in [3.05, 3.63) is 71.2 Å². The Hall–Kier alpha value is -3.01. The third-order valence-electron chi connectivity index (χ3n) is 4.30. The number of sulfonamides is 1. The van der Waals surface area contributed by atoms with E-state index in [1.165, 1.54) is 4.52 Å². The van der Waals surface area contributed by atoms with Crippen LogP contribution in [0.1, 0.15) is 5.56 Å². The van der Waals surface area contributed by atoms with E-state index < -0.39 is 10.0 Å². The molecule has 2 aromatic heterocycles. The van der Waals surface area contributed by atoms with Gasteiger partial charge in [-0.2, -0.15) is 4.52 Å². The van der Waals surface area contributed by atoms with E-state index in [0.717, 1.165) is 5.56 Å². The van der Waals surface area contributed by atoms with E-state index in [1.807, 2.05) is 31.2 Å². The van der Waals surface area contributed by atoms with Crippen molar-refractivity contribution < 1.29 is 13.2 Å². The lowest BCUT2D eigenvalue weighted by Crippen LogP contribution is -2.28. The van der Waals surface area contributed by atoms with Gasteiger partial charge in [-0.15, -0.1) is 15.3 Å². The maximum atomic E-state index is 12.4. The van der Waals surface area contributed by atoms with Gasteiger partial charge in [0.25, 0.3) is 0 Å². The molecular formula is C20H18ClN5O3S. The number of halogens is 1. The molecule has 0 radical (unpaired) electrons. The fourth-order valence-electron chi connectivity index (χ4n) is 2.86. The molecule has 1 N–H and O–H groups in total. The van der Waals surface area contributed by atoms with E-state index in [0.29, 0.717) is 27.9 Å². The number of aromatic nitrogens is 4. The number of nitrogens with one attached hydrogen (secondary N) is 1. The largest absolute Gasteiger partial charge is 0.475 e. The third-order valence-corrected chi connectivity index (χ3v) is 6.09. The maximum absolute atomic E-state index is 12.4. The predicted octanol–water partition coefficient (Wildman–Crippen LogP) is 3.11. The van der Waals surface area contributed by atoms with E-state index in [9.17, 15) is 8.42 Å². The van der Waals surface area contributed by atoms with Gasteiger partial charge in [0.1, 0.15) is 6.61 Å². The molecule has 0 saturated carbocycles. The van der Waals surface area contributed by atoms with E-state index in [1.54, 1.807) is 36.4 Å². The molecule has 4 aromatic rings. The molecule has 4 rings (SSSR count). The summed E-state index contributed by atoms with van der Waals surface area (Å²) in [5.74, 6) is 0.798. The molecule has 8 nitrogen and oxygen atoms in total. The summed E-state index contributed by atoms with van der Waals surface area (Å²) in [6.45, 7) is 2.04. The van der Waals surface area contributed by atoms with Crippen LogP contribution >= 0.6 is 11.6 Å². The monoisotopic (exact) mass is 443 g/mol. The number of ether oxygens (including phenoxy) is 1. The van der Waals surface area contributed by atoms with Crippen LogP contribution in [0.25, 0.3) is 17.0 Å². The average Bonchev–Trinajstić information content (AvgIpc) is 3.15. The summed E-state index contributed by atoms with van der Waals surface area (Å²) in [6.07, 6.45) is 0. The molecule has 0 fully saturated rings. The first-order chi connectivity index (χ1) is 14.4. The Morgan fingerprint density at radius 1 is 1.07 bits per heavy atom. The van der Waals surface area contributed by atoms with E-state index in [-0.39, 0.29) is 18.0 Å². The third kappa shape index (κ3) is 4.28. The SMILES string of the molecule is Cc1cccc(S(=O)(=O)NCCOc2ccc3nnc(-c4ccccc4Cl)n3n2)c1. The lowest BCUT2D eigenvalue weighted by atomic mass is 10.2. The zero-order chi connectivity index (χ0) is 21.1. The van der Waals surface area contributed by atoms with Crippen LogP contribution in [0.5, 0.6) is 5.88 Å². The van der Waals surface area contributed by atoms with Crippen molar-refractivity contribution in [2.75, 3.05) is 13.2 Å². The first kappa shape index (κ1) is 20.3. The lowest BCUT2D eigenvalue weighted by Gasteiger charge is -2.09. The molecule has 2 aromatic carbocycles. The van der Waals surface area contributed by atoms with Crippen molar-refractivity contribution in [2.24, 2.45) is 0 Å². The number of hydrogen-bond donors (Lipinski definition) is 1. The number of benzene rings is 2. The molecule has 154 valence electrons. The molecule has 0 aliphatic rings. The maximum Gasteiger partial charge on any atom is 0.240 e. The summed E-state index contributed by atoms with van der Waals surface area (Å²) in [7, 11) is -3.60. The smallest absolute Gasteiger partial charge is 0.240 e. The molecule has 0 saturated heterocycles. The molecule has 0 amide bonds. The summed E-state index contributed by atoms with van der Waals surface area (Å²) >= 11 is 6.26. The Labute approximate surface area is 178 Å². The second-order valence-electron chi connectivity index (χ2n) is 6.51. The average molecular weight is 444 g/mol. The topological polar surface area (TPSA) is 98.5 Å². The highest BCUT2D eigenvalue weighted by atomic mass is 35.5. The van der Waals surface area contributed by atoms with Gasteiger partial charge in [0.05, 0.1) is 9.92 Å². The first-order valence-electron chi connectivity index (χ1n) is 9.10. The lowest BCUT2D eigenvalue weighted by molar-refractivity contribution is 0.306. The van der Waals surface area contributed by atoms with Crippen LogP contribution in [-0.4, -0.2) is 41.4 Å². The molecule has 0 bridgehead atoms. The van der Waals surface area contributed by atoms with Crippen molar-refractivity contribution in [1.82, 2.24) is 24.5 Å². The van der Waals surface area contributed by atoms with E-state index in [2.05, 4.69) is 20.0 Å². The van der Waals surface area contributed by atoms with Gasteiger partial charge >= 0.3 is 0 Å². The highest BCUT2D eigenvalue weighted by Crippen LogP contribution is 2.26. The van der Waals surface area contributed by atoms with Crippen molar-refractivity contribution in [2.45, 2.75) is 11.8 Å². The number of fused-ring (bicyclic) bond motifs is 1. The van der Waals surface area contributed by atoms with Gasteiger partial charge < -0.3 is 4.74 Å². The summed E-state index contributed by atoms with van der Waals surface area (Å²) in [5.41, 5.74) is 2.11. The molecule has 0 aliphatic carbocycles. The summed E-state index contributed by atoms with van der Waals surface area (Å²) in [5, 5.41) is 13.2. The summed E-state index contributed by atoms with van der Waals surface area (Å²) in [6, 6.07) is 17.3. The number of hydrogen-bond acceptors (Lipinski definition) is 6. The minimum absolute atomic E-state index is 0.0928. The Morgan fingerprint density at radius 2 is 1.90 bits per heavy atom. The second kappa shape index (κ2) is 8.39. The van der Waals surface area contributed by atoms with Gasteiger partial charge in [-0.25, -0.2) is 13.1 Å². The molecule has 0 unspecified atom stereocenters. The van der Waals surface area contributed by atoms with E-state index >= 15 is 0 Å². The van der Waals surface area contributed by atoms with Crippen molar-refractivity contribution in [3.8, 4) is 17.3 Å². The molecule has 30 heavy (non-hydrogen) atoms. The van der Waals surface area contributed by atoms with Crippen LogP contribution in [0.3, 0.4) is 0 Å². The Balaban J connectivity index is 1.45. The van der Waals surface area contributed by atoms with Crippen molar-refractivity contribution >= 4 is 27.3 Å². The van der Waals surface area contributed by atoms with E-state index in [4.69, 9.17) is 16.3 Å². The predicted molar refractivity (Wildman–Crippen MR) is 113 cm³/mol. The van der Waals surface area contributed by atoms with Crippen LogP contribution in [0.4, 0.5) is 0 Å². The van der Waals surface area contributed by atoms with Crippen LogP contribution in [0.2, 0.25) is 5.02 Å². The number of aryl methyl sites for hydroxylation is 1. The highest BCUT2D eigenvalue weighted by Gasteiger charge is 2.15. The quantitative estimate of drug-likeness (QED) is 0.441. The minimum Gasteiger partial charge on any atom is -0.475 e. The minimum atomic E-state index is -3.60. The molecular weight excluding hydrogens is 426 g/mol. The summed E-state index contributed by atoms with van der Waals surface area (Å²) < 4.78 is 34.4. The Morgan fingerprint density at radius 3 is 2.70 bits per heavy atom. The van der Waals surface area contributed by atoms with Gasteiger partial charge in [0.2, 0.25) is 15.9 Å². The Bertz CT molecular complexity index is 1310. The zero-order valence-corrected chi connectivity index (χ0v) is 17.6. The van der Waals surface area contributed by atoms with Gasteiger partial charge in [-0.3, -0.25) is 0 Å². The molecule has 2 heterocycles. The highest BCUT2D eigenvalue weighted by molar-refractivity contribution is 7.89. The standard InChI is InChI=1S/C20H18ClN5O3S/c1-14-5-4-6-15(13-14)30(27,28)22-11-12-29-19-10-9-18-23-24-20(26(18)25-19)16-7-2-3-8-17(16)21/h2-10,13,22H,11-12H2,1H3. The fraction of sp³-hybridized carbons (Fsp3) is 0.150. The number of rotatable bonds is 7. The first-order valence-corrected chi connectivity index (χ1v) is 11.0. The van der Waals surface area contributed by atoms with Crippen LogP contribution in [-0.2, 0) is 10.0 Å². The van der Waals surface area contributed by atoms with Crippen molar-refractivity contribution in [3.63, 3.8) is 0 Å². The zero-order valence-electron chi connectivity index (χ0n) is 16.0. The van der Waals surface area contributed by atoms with Gasteiger partial charge in [-0.05, 0) is 42.8 Å². The van der Waals surface area contributed by atoms with Gasteiger partial charge in [0.15, 0.2) is 11.5 Å². The normalized spacial score (nSPS) is 11.7.